The van der Waals surface area contributed by atoms with Crippen molar-refractivity contribution in [3.63, 3.8) is 0 Å². The number of pyridine rings is 1. The van der Waals surface area contributed by atoms with Crippen LogP contribution < -0.4 is 4.74 Å². The van der Waals surface area contributed by atoms with Gasteiger partial charge in [-0.05, 0) is 36.4 Å². The summed E-state index contributed by atoms with van der Waals surface area (Å²) >= 11 is 5.81. The molecule has 4 nitrogen and oxygen atoms in total. The Morgan fingerprint density at radius 3 is 2.72 bits per heavy atom. The van der Waals surface area contributed by atoms with Crippen LogP contribution in [-0.4, -0.2) is 14.6 Å². The SMILES string of the molecule is Clc1ccc(OCc2nnc3ccccn23)cc1. The van der Waals surface area contributed by atoms with Gasteiger partial charge in [-0.15, -0.1) is 10.2 Å². The fourth-order valence-corrected chi connectivity index (χ4v) is 1.79. The highest BCUT2D eigenvalue weighted by Crippen LogP contribution is 2.16. The summed E-state index contributed by atoms with van der Waals surface area (Å²) in [5.74, 6) is 1.52. The number of nitrogens with zero attached hydrogens (tertiary/aromatic N) is 3. The predicted octanol–water partition coefficient (Wildman–Crippen LogP) is 2.96. The molecule has 2 heterocycles. The maximum Gasteiger partial charge on any atom is 0.175 e. The van der Waals surface area contributed by atoms with Crippen molar-refractivity contribution in [1.29, 1.82) is 0 Å². The third-order valence-corrected chi connectivity index (χ3v) is 2.82. The number of rotatable bonds is 3. The van der Waals surface area contributed by atoms with E-state index in [1.807, 2.05) is 40.9 Å². The first-order valence-corrected chi connectivity index (χ1v) is 5.88. The molecule has 0 radical (unpaired) electrons. The Labute approximate surface area is 109 Å². The molecular formula is C13H10ClN3O. The molecule has 0 amide bonds. The minimum Gasteiger partial charge on any atom is -0.486 e. The lowest BCUT2D eigenvalue weighted by molar-refractivity contribution is 0.294. The summed E-state index contributed by atoms with van der Waals surface area (Å²) in [5, 5.41) is 8.84. The Morgan fingerprint density at radius 2 is 1.89 bits per heavy atom. The van der Waals surface area contributed by atoms with Gasteiger partial charge in [-0.2, -0.15) is 0 Å². The van der Waals surface area contributed by atoms with Gasteiger partial charge < -0.3 is 4.74 Å². The number of hydrogen-bond acceptors (Lipinski definition) is 3. The zero-order valence-electron chi connectivity index (χ0n) is 9.45. The van der Waals surface area contributed by atoms with Gasteiger partial charge in [0.05, 0.1) is 0 Å². The molecule has 0 aliphatic heterocycles. The second-order valence-electron chi connectivity index (χ2n) is 3.79. The van der Waals surface area contributed by atoms with E-state index >= 15 is 0 Å². The topological polar surface area (TPSA) is 39.4 Å². The van der Waals surface area contributed by atoms with Gasteiger partial charge in [-0.3, -0.25) is 4.40 Å². The van der Waals surface area contributed by atoms with Gasteiger partial charge in [-0.1, -0.05) is 17.7 Å². The van der Waals surface area contributed by atoms with Crippen molar-refractivity contribution < 1.29 is 4.74 Å². The summed E-state index contributed by atoms with van der Waals surface area (Å²) in [6.07, 6.45) is 1.91. The number of ether oxygens (including phenoxy) is 1. The van der Waals surface area contributed by atoms with Crippen molar-refractivity contribution in [1.82, 2.24) is 14.6 Å². The van der Waals surface area contributed by atoms with E-state index in [0.717, 1.165) is 17.2 Å². The Hall–Kier alpha value is -2.07. The zero-order valence-corrected chi connectivity index (χ0v) is 10.2. The summed E-state index contributed by atoms with van der Waals surface area (Å²) in [6.45, 7) is 0.368. The van der Waals surface area contributed by atoms with E-state index in [2.05, 4.69) is 10.2 Å². The molecule has 5 heteroatoms. The zero-order chi connectivity index (χ0) is 12.4. The summed E-state index contributed by atoms with van der Waals surface area (Å²) in [6, 6.07) is 13.0. The quantitative estimate of drug-likeness (QED) is 0.726. The van der Waals surface area contributed by atoms with Crippen LogP contribution in [0.3, 0.4) is 0 Å². The predicted molar refractivity (Wildman–Crippen MR) is 68.8 cm³/mol. The second kappa shape index (κ2) is 4.66. The van der Waals surface area contributed by atoms with Gasteiger partial charge in [0.2, 0.25) is 0 Å². The molecule has 0 unspecified atom stereocenters. The van der Waals surface area contributed by atoms with Crippen molar-refractivity contribution in [3.8, 4) is 5.75 Å². The van der Waals surface area contributed by atoms with Crippen molar-refractivity contribution in [2.24, 2.45) is 0 Å². The first-order chi connectivity index (χ1) is 8.83. The Morgan fingerprint density at radius 1 is 1.06 bits per heavy atom. The van der Waals surface area contributed by atoms with Gasteiger partial charge in [0.1, 0.15) is 12.4 Å². The first-order valence-electron chi connectivity index (χ1n) is 5.50. The van der Waals surface area contributed by atoms with Crippen LogP contribution in [0.5, 0.6) is 5.75 Å². The Balaban J connectivity index is 1.79. The number of hydrogen-bond donors (Lipinski definition) is 0. The molecule has 0 bridgehead atoms. The fraction of sp³-hybridized carbons (Fsp3) is 0.0769. The molecule has 2 aromatic heterocycles. The summed E-state index contributed by atoms with van der Waals surface area (Å²) in [7, 11) is 0. The van der Waals surface area contributed by atoms with E-state index in [-0.39, 0.29) is 0 Å². The average molecular weight is 260 g/mol. The van der Waals surface area contributed by atoms with Crippen LogP contribution in [0.1, 0.15) is 5.82 Å². The van der Waals surface area contributed by atoms with Crippen molar-refractivity contribution in [2.45, 2.75) is 6.61 Å². The molecule has 0 aliphatic carbocycles. The molecular weight excluding hydrogens is 250 g/mol. The number of fused-ring (bicyclic) bond motifs is 1. The molecule has 0 aliphatic rings. The summed E-state index contributed by atoms with van der Waals surface area (Å²) < 4.78 is 7.53. The first kappa shape index (κ1) is 11.0. The van der Waals surface area contributed by atoms with E-state index < -0.39 is 0 Å². The van der Waals surface area contributed by atoms with Crippen LogP contribution in [-0.2, 0) is 6.61 Å². The molecule has 18 heavy (non-hydrogen) atoms. The smallest absolute Gasteiger partial charge is 0.175 e. The molecule has 0 N–H and O–H groups in total. The fourth-order valence-electron chi connectivity index (χ4n) is 1.67. The van der Waals surface area contributed by atoms with Crippen molar-refractivity contribution in [2.75, 3.05) is 0 Å². The van der Waals surface area contributed by atoms with Gasteiger partial charge in [0, 0.05) is 11.2 Å². The van der Waals surface area contributed by atoms with Crippen LogP contribution in [0.4, 0.5) is 0 Å². The average Bonchev–Trinajstić information content (AvgIpc) is 2.82. The Bertz CT molecular complexity index is 663. The van der Waals surface area contributed by atoms with Gasteiger partial charge >= 0.3 is 0 Å². The van der Waals surface area contributed by atoms with Crippen LogP contribution in [0.15, 0.2) is 48.7 Å². The third-order valence-electron chi connectivity index (χ3n) is 2.57. The highest BCUT2D eigenvalue weighted by atomic mass is 35.5. The molecule has 0 saturated carbocycles. The van der Waals surface area contributed by atoms with Crippen LogP contribution in [0.2, 0.25) is 5.02 Å². The van der Waals surface area contributed by atoms with Crippen molar-refractivity contribution >= 4 is 17.2 Å². The lowest BCUT2D eigenvalue weighted by atomic mass is 10.3. The van der Waals surface area contributed by atoms with E-state index in [1.165, 1.54) is 0 Å². The van der Waals surface area contributed by atoms with Crippen LogP contribution >= 0.6 is 11.6 Å². The molecule has 0 saturated heterocycles. The molecule has 0 fully saturated rings. The second-order valence-corrected chi connectivity index (χ2v) is 4.22. The van der Waals surface area contributed by atoms with E-state index in [4.69, 9.17) is 16.3 Å². The monoisotopic (exact) mass is 259 g/mol. The molecule has 0 atom stereocenters. The van der Waals surface area contributed by atoms with Crippen LogP contribution in [0, 0.1) is 0 Å². The van der Waals surface area contributed by atoms with Crippen LogP contribution in [0.25, 0.3) is 5.65 Å². The van der Waals surface area contributed by atoms with Gasteiger partial charge in [0.25, 0.3) is 0 Å². The van der Waals surface area contributed by atoms with Gasteiger partial charge in [-0.25, -0.2) is 0 Å². The number of benzene rings is 1. The van der Waals surface area contributed by atoms with E-state index in [9.17, 15) is 0 Å². The molecule has 90 valence electrons. The summed E-state index contributed by atoms with van der Waals surface area (Å²) in [5.41, 5.74) is 0.812. The highest BCUT2D eigenvalue weighted by molar-refractivity contribution is 6.30. The maximum atomic E-state index is 5.81. The minimum absolute atomic E-state index is 0.368. The number of aromatic nitrogens is 3. The largest absolute Gasteiger partial charge is 0.486 e. The Kier molecular flexibility index (Phi) is 2.86. The molecule has 3 rings (SSSR count). The third kappa shape index (κ3) is 2.15. The molecule has 0 spiro atoms. The standard InChI is InChI=1S/C13H10ClN3O/c14-10-4-6-11(7-5-10)18-9-13-16-15-12-3-1-2-8-17(12)13/h1-8H,9H2. The molecule has 3 aromatic rings. The van der Waals surface area contributed by atoms with E-state index in [0.29, 0.717) is 11.6 Å². The lowest BCUT2D eigenvalue weighted by Crippen LogP contribution is -2.00. The van der Waals surface area contributed by atoms with E-state index in [1.54, 1.807) is 12.1 Å². The number of halogens is 1. The van der Waals surface area contributed by atoms with Crippen molar-refractivity contribution in [3.05, 3.63) is 59.5 Å². The minimum atomic E-state index is 0.368. The lowest BCUT2D eigenvalue weighted by Gasteiger charge is -2.04. The molecule has 1 aromatic carbocycles. The highest BCUT2D eigenvalue weighted by Gasteiger charge is 2.04. The normalized spacial score (nSPS) is 10.7. The summed E-state index contributed by atoms with van der Waals surface area (Å²) in [4.78, 5) is 0. The maximum absolute atomic E-state index is 5.81. The van der Waals surface area contributed by atoms with Gasteiger partial charge in [0.15, 0.2) is 11.5 Å².